The number of nitrogens with one attached hydrogen (secondary N) is 1. The highest BCUT2D eigenvalue weighted by atomic mass is 16.1. The Morgan fingerprint density at radius 3 is 3.00 bits per heavy atom. The number of carbonyl (C=O) groups excluding carboxylic acids is 1. The predicted molar refractivity (Wildman–Crippen MR) is 54.0 cm³/mol. The lowest BCUT2D eigenvalue weighted by Crippen LogP contribution is -2.19. The minimum Gasteiger partial charge on any atom is -0.315 e. The van der Waals surface area contributed by atoms with Crippen LogP contribution in [0.2, 0.25) is 0 Å². The fourth-order valence-electron chi connectivity index (χ4n) is 2.01. The fourth-order valence-corrected chi connectivity index (χ4v) is 2.01. The van der Waals surface area contributed by atoms with Crippen LogP contribution >= 0.6 is 0 Å². The number of hydrogen-bond acceptors (Lipinski definition) is 3. The summed E-state index contributed by atoms with van der Waals surface area (Å²) in [4.78, 5) is 15.7. The van der Waals surface area contributed by atoms with Gasteiger partial charge in [-0.25, -0.2) is 0 Å². The second-order valence-corrected chi connectivity index (χ2v) is 3.74. The van der Waals surface area contributed by atoms with Crippen LogP contribution in [0.1, 0.15) is 18.5 Å². The van der Waals surface area contributed by atoms with Gasteiger partial charge in [0.2, 0.25) is 0 Å². The Bertz CT molecular complexity index is 323. The zero-order valence-corrected chi connectivity index (χ0v) is 8.23. The number of ketones is 1. The van der Waals surface area contributed by atoms with E-state index in [4.69, 9.17) is 0 Å². The van der Waals surface area contributed by atoms with Crippen molar-refractivity contribution < 1.29 is 4.79 Å². The number of hydrogen-bond donors (Lipinski definition) is 1. The zero-order chi connectivity index (χ0) is 9.97. The van der Waals surface area contributed by atoms with Gasteiger partial charge in [0, 0.05) is 36.8 Å². The average Bonchev–Trinajstić information content (AvgIpc) is 2.67. The Hall–Kier alpha value is -1.22. The van der Waals surface area contributed by atoms with Crippen molar-refractivity contribution in [1.29, 1.82) is 0 Å². The van der Waals surface area contributed by atoms with E-state index in [1.807, 2.05) is 18.2 Å². The molecule has 0 saturated carbocycles. The molecular formula is C11H14N2O. The third-order valence-electron chi connectivity index (χ3n) is 2.80. The number of pyridine rings is 1. The summed E-state index contributed by atoms with van der Waals surface area (Å²) in [5, 5.41) is 3.24. The molecule has 1 aromatic rings. The summed E-state index contributed by atoms with van der Waals surface area (Å²) in [5.41, 5.74) is 1.03. The molecule has 0 radical (unpaired) electrons. The fraction of sp³-hybridized carbons (Fsp3) is 0.455. The van der Waals surface area contributed by atoms with Gasteiger partial charge in [-0.3, -0.25) is 9.78 Å². The largest absolute Gasteiger partial charge is 0.315 e. The molecule has 1 aromatic heterocycles. The molecule has 0 spiro atoms. The summed E-state index contributed by atoms with van der Waals surface area (Å²) in [7, 11) is 0. The summed E-state index contributed by atoms with van der Waals surface area (Å²) in [5.74, 6) is 0.615. The standard InChI is InChI=1S/C11H14N2O/c1-8(14)9-6-12-7-10(9)11-4-2-3-5-13-11/h2-5,9-10,12H,6-7H2,1H3. The molecule has 2 heterocycles. The van der Waals surface area contributed by atoms with Gasteiger partial charge < -0.3 is 5.32 Å². The van der Waals surface area contributed by atoms with Crippen molar-refractivity contribution in [2.24, 2.45) is 5.92 Å². The summed E-state index contributed by atoms with van der Waals surface area (Å²) < 4.78 is 0. The van der Waals surface area contributed by atoms with Crippen LogP contribution in [-0.2, 0) is 4.79 Å². The second kappa shape index (κ2) is 3.88. The third kappa shape index (κ3) is 1.68. The van der Waals surface area contributed by atoms with Crippen molar-refractivity contribution in [3.8, 4) is 0 Å². The summed E-state index contributed by atoms with van der Waals surface area (Å²) >= 11 is 0. The monoisotopic (exact) mass is 190 g/mol. The number of rotatable bonds is 2. The zero-order valence-electron chi connectivity index (χ0n) is 8.23. The van der Waals surface area contributed by atoms with Gasteiger partial charge in [-0.1, -0.05) is 6.07 Å². The van der Waals surface area contributed by atoms with Crippen molar-refractivity contribution in [2.75, 3.05) is 13.1 Å². The lowest BCUT2D eigenvalue weighted by molar-refractivity contribution is -0.120. The maximum Gasteiger partial charge on any atom is 0.134 e. The van der Waals surface area contributed by atoms with E-state index in [2.05, 4.69) is 10.3 Å². The van der Waals surface area contributed by atoms with E-state index >= 15 is 0 Å². The van der Waals surface area contributed by atoms with E-state index in [0.717, 1.165) is 18.8 Å². The predicted octanol–water partition coefficient (Wildman–Crippen LogP) is 0.974. The molecule has 1 saturated heterocycles. The van der Waals surface area contributed by atoms with E-state index < -0.39 is 0 Å². The van der Waals surface area contributed by atoms with Gasteiger partial charge in [-0.2, -0.15) is 0 Å². The second-order valence-electron chi connectivity index (χ2n) is 3.74. The first kappa shape index (κ1) is 9.34. The number of carbonyl (C=O) groups is 1. The highest BCUT2D eigenvalue weighted by molar-refractivity contribution is 5.80. The van der Waals surface area contributed by atoms with Crippen LogP contribution in [0, 0.1) is 5.92 Å². The van der Waals surface area contributed by atoms with Crippen LogP contribution in [0.15, 0.2) is 24.4 Å². The molecule has 74 valence electrons. The SMILES string of the molecule is CC(=O)C1CNCC1c1ccccn1. The van der Waals surface area contributed by atoms with E-state index in [9.17, 15) is 4.79 Å². The molecule has 1 aliphatic heterocycles. The van der Waals surface area contributed by atoms with Crippen molar-refractivity contribution in [3.05, 3.63) is 30.1 Å². The number of nitrogens with zero attached hydrogens (tertiary/aromatic N) is 1. The van der Waals surface area contributed by atoms with Crippen LogP contribution in [0.3, 0.4) is 0 Å². The molecule has 1 N–H and O–H groups in total. The van der Waals surface area contributed by atoms with Gasteiger partial charge in [-0.05, 0) is 19.1 Å². The van der Waals surface area contributed by atoms with E-state index in [0.29, 0.717) is 0 Å². The van der Waals surface area contributed by atoms with Crippen molar-refractivity contribution >= 4 is 5.78 Å². The van der Waals surface area contributed by atoms with Crippen LogP contribution in [0.5, 0.6) is 0 Å². The van der Waals surface area contributed by atoms with Crippen LogP contribution < -0.4 is 5.32 Å². The van der Waals surface area contributed by atoms with Gasteiger partial charge in [0.1, 0.15) is 5.78 Å². The van der Waals surface area contributed by atoms with Gasteiger partial charge in [0.15, 0.2) is 0 Å². The Balaban J connectivity index is 2.22. The van der Waals surface area contributed by atoms with Gasteiger partial charge in [0.05, 0.1) is 0 Å². The Morgan fingerprint density at radius 2 is 2.36 bits per heavy atom. The maximum atomic E-state index is 11.4. The molecule has 2 rings (SSSR count). The van der Waals surface area contributed by atoms with Gasteiger partial charge in [0.25, 0.3) is 0 Å². The summed E-state index contributed by atoms with van der Waals surface area (Å²) in [6.45, 7) is 3.31. The molecule has 14 heavy (non-hydrogen) atoms. The first-order valence-corrected chi connectivity index (χ1v) is 4.91. The Morgan fingerprint density at radius 1 is 1.50 bits per heavy atom. The first-order chi connectivity index (χ1) is 6.79. The normalized spacial score (nSPS) is 26.4. The third-order valence-corrected chi connectivity index (χ3v) is 2.80. The average molecular weight is 190 g/mol. The lowest BCUT2D eigenvalue weighted by Gasteiger charge is -2.14. The molecule has 0 amide bonds. The van der Waals surface area contributed by atoms with E-state index in [-0.39, 0.29) is 17.6 Å². The highest BCUT2D eigenvalue weighted by Crippen LogP contribution is 2.26. The summed E-state index contributed by atoms with van der Waals surface area (Å²) in [6.07, 6.45) is 1.78. The minimum atomic E-state index is 0.102. The molecule has 2 unspecified atom stereocenters. The van der Waals surface area contributed by atoms with Crippen molar-refractivity contribution in [3.63, 3.8) is 0 Å². The van der Waals surface area contributed by atoms with Crippen LogP contribution in [0.25, 0.3) is 0 Å². The highest BCUT2D eigenvalue weighted by Gasteiger charge is 2.32. The molecule has 3 nitrogen and oxygen atoms in total. The Kier molecular flexibility index (Phi) is 2.59. The lowest BCUT2D eigenvalue weighted by atomic mass is 9.90. The molecule has 3 heteroatoms. The summed E-state index contributed by atoms with van der Waals surface area (Å²) in [6, 6.07) is 5.86. The van der Waals surface area contributed by atoms with E-state index in [1.54, 1.807) is 13.1 Å². The Labute approximate surface area is 83.5 Å². The molecule has 0 bridgehead atoms. The minimum absolute atomic E-state index is 0.102. The molecule has 2 atom stereocenters. The molecule has 1 fully saturated rings. The van der Waals surface area contributed by atoms with E-state index in [1.165, 1.54) is 0 Å². The first-order valence-electron chi connectivity index (χ1n) is 4.91. The van der Waals surface area contributed by atoms with Crippen molar-refractivity contribution in [2.45, 2.75) is 12.8 Å². The maximum absolute atomic E-state index is 11.4. The molecule has 1 aliphatic rings. The quantitative estimate of drug-likeness (QED) is 0.755. The van der Waals surface area contributed by atoms with Crippen LogP contribution in [0.4, 0.5) is 0 Å². The number of Topliss-reactive ketones (excluding diaryl/α,β-unsaturated/α-hetero) is 1. The van der Waals surface area contributed by atoms with Gasteiger partial charge >= 0.3 is 0 Å². The van der Waals surface area contributed by atoms with Crippen molar-refractivity contribution in [1.82, 2.24) is 10.3 Å². The smallest absolute Gasteiger partial charge is 0.134 e. The van der Waals surface area contributed by atoms with Gasteiger partial charge in [-0.15, -0.1) is 0 Å². The molecular weight excluding hydrogens is 176 g/mol. The van der Waals surface area contributed by atoms with Crippen LogP contribution in [-0.4, -0.2) is 23.9 Å². The topological polar surface area (TPSA) is 42.0 Å². The molecule has 0 aliphatic carbocycles. The number of aromatic nitrogens is 1. The molecule has 0 aromatic carbocycles.